The molecule has 54 valence electrons. The fourth-order valence-electron chi connectivity index (χ4n) is 1.06. The van der Waals surface area contributed by atoms with Gasteiger partial charge in [-0.2, -0.15) is 0 Å². The maximum absolute atomic E-state index is 5.50. The van der Waals surface area contributed by atoms with Crippen molar-refractivity contribution in [1.82, 2.24) is 5.01 Å². The number of hydrazine groups is 1. The van der Waals surface area contributed by atoms with Crippen LogP contribution in [0.1, 0.15) is 20.8 Å². The highest BCUT2D eigenvalue weighted by Crippen LogP contribution is 2.31. The predicted molar refractivity (Wildman–Crippen MR) is 38.7 cm³/mol. The summed E-state index contributed by atoms with van der Waals surface area (Å²) in [7, 11) is 0. The highest BCUT2D eigenvalue weighted by Gasteiger charge is 2.33. The molecular weight excluding hydrogens is 112 g/mol. The molecule has 0 spiro atoms. The Hall–Kier alpha value is -0.0800. The van der Waals surface area contributed by atoms with Crippen molar-refractivity contribution >= 4 is 0 Å². The van der Waals surface area contributed by atoms with Gasteiger partial charge in [0.25, 0.3) is 0 Å². The van der Waals surface area contributed by atoms with Crippen LogP contribution in [0.2, 0.25) is 0 Å². The van der Waals surface area contributed by atoms with Gasteiger partial charge in [0.2, 0.25) is 0 Å². The summed E-state index contributed by atoms with van der Waals surface area (Å²) in [6.45, 7) is 8.95. The van der Waals surface area contributed by atoms with Gasteiger partial charge in [0.05, 0.1) is 0 Å². The largest absolute Gasteiger partial charge is 0.269 e. The van der Waals surface area contributed by atoms with Crippen molar-refractivity contribution in [3.05, 3.63) is 0 Å². The molecule has 0 aromatic heterocycles. The van der Waals surface area contributed by atoms with Gasteiger partial charge in [-0.15, -0.1) is 0 Å². The van der Waals surface area contributed by atoms with Gasteiger partial charge in [-0.05, 0) is 11.3 Å². The number of rotatable bonds is 0. The third kappa shape index (κ3) is 1.43. The first-order chi connectivity index (χ1) is 4.00. The molecule has 1 aliphatic heterocycles. The van der Waals surface area contributed by atoms with E-state index < -0.39 is 0 Å². The topological polar surface area (TPSA) is 29.3 Å². The summed E-state index contributed by atoms with van der Waals surface area (Å²) in [6.07, 6.45) is 0. The Morgan fingerprint density at radius 2 is 1.78 bits per heavy atom. The highest BCUT2D eigenvalue weighted by atomic mass is 15.4. The second kappa shape index (κ2) is 1.96. The van der Waals surface area contributed by atoms with Gasteiger partial charge < -0.3 is 0 Å². The Morgan fingerprint density at radius 1 is 1.33 bits per heavy atom. The Morgan fingerprint density at radius 3 is 1.89 bits per heavy atom. The fourth-order valence-corrected chi connectivity index (χ4v) is 1.06. The van der Waals surface area contributed by atoms with Gasteiger partial charge in [-0.3, -0.25) is 5.84 Å². The lowest BCUT2D eigenvalue weighted by atomic mass is 9.77. The normalized spacial score (nSPS) is 24.0. The summed E-state index contributed by atoms with van der Waals surface area (Å²) in [6, 6.07) is 0. The molecule has 1 fully saturated rings. The Bertz CT molecular complexity index is 98.0. The van der Waals surface area contributed by atoms with Crippen molar-refractivity contribution in [2.24, 2.45) is 17.2 Å². The first-order valence-electron chi connectivity index (χ1n) is 3.50. The van der Waals surface area contributed by atoms with Crippen LogP contribution in [-0.4, -0.2) is 18.1 Å². The van der Waals surface area contributed by atoms with E-state index in [-0.39, 0.29) is 0 Å². The molecule has 0 atom stereocenters. The summed E-state index contributed by atoms with van der Waals surface area (Å²) >= 11 is 0. The Labute approximate surface area is 57.0 Å². The van der Waals surface area contributed by atoms with Gasteiger partial charge in [0.15, 0.2) is 0 Å². The van der Waals surface area contributed by atoms with Crippen LogP contribution in [-0.2, 0) is 0 Å². The molecule has 1 aliphatic rings. The van der Waals surface area contributed by atoms with E-state index in [9.17, 15) is 0 Å². The Balaban J connectivity index is 2.32. The first-order valence-corrected chi connectivity index (χ1v) is 3.50. The van der Waals surface area contributed by atoms with Crippen LogP contribution in [0.3, 0.4) is 0 Å². The quantitative estimate of drug-likeness (QED) is 0.490. The van der Waals surface area contributed by atoms with Crippen LogP contribution in [0.25, 0.3) is 0 Å². The average Bonchev–Trinajstić information content (AvgIpc) is 1.55. The van der Waals surface area contributed by atoms with E-state index in [1.54, 1.807) is 0 Å². The summed E-state index contributed by atoms with van der Waals surface area (Å²) < 4.78 is 0. The van der Waals surface area contributed by atoms with Crippen LogP contribution in [0, 0.1) is 11.3 Å². The predicted octanol–water partition coefficient (Wildman–Crippen LogP) is 0.838. The molecule has 0 saturated carbocycles. The van der Waals surface area contributed by atoms with E-state index in [1.807, 2.05) is 5.01 Å². The van der Waals surface area contributed by atoms with E-state index >= 15 is 0 Å². The molecule has 1 rings (SSSR count). The van der Waals surface area contributed by atoms with E-state index in [1.165, 1.54) is 0 Å². The number of hydrogen-bond donors (Lipinski definition) is 1. The molecular formula is C7H16N2. The van der Waals surface area contributed by atoms with Gasteiger partial charge >= 0.3 is 0 Å². The zero-order chi connectivity index (χ0) is 7.07. The van der Waals surface area contributed by atoms with Gasteiger partial charge in [0.1, 0.15) is 0 Å². The molecule has 1 saturated heterocycles. The molecule has 0 aromatic carbocycles. The maximum Gasteiger partial charge on any atom is 0.0174 e. The minimum atomic E-state index is 0.454. The zero-order valence-electron chi connectivity index (χ0n) is 6.52. The van der Waals surface area contributed by atoms with E-state index in [2.05, 4.69) is 20.8 Å². The third-order valence-electron chi connectivity index (χ3n) is 2.13. The lowest BCUT2D eigenvalue weighted by molar-refractivity contribution is 0.0246. The summed E-state index contributed by atoms with van der Waals surface area (Å²) in [5, 5.41) is 1.87. The van der Waals surface area contributed by atoms with Crippen LogP contribution < -0.4 is 5.84 Å². The zero-order valence-corrected chi connectivity index (χ0v) is 6.52. The average molecular weight is 128 g/mol. The standard InChI is InChI=1S/C7H16N2/c1-7(2,3)6-4-9(8)5-6/h6H,4-5,8H2,1-3H3. The van der Waals surface area contributed by atoms with Crippen LogP contribution >= 0.6 is 0 Å². The second-order valence-electron chi connectivity index (χ2n) is 4.02. The monoisotopic (exact) mass is 128 g/mol. The molecule has 0 aromatic rings. The first kappa shape index (κ1) is 7.03. The molecule has 0 unspecified atom stereocenters. The van der Waals surface area contributed by atoms with Crippen molar-refractivity contribution in [3.63, 3.8) is 0 Å². The number of nitrogens with zero attached hydrogens (tertiary/aromatic N) is 1. The van der Waals surface area contributed by atoms with Crippen LogP contribution in [0.15, 0.2) is 0 Å². The molecule has 1 heterocycles. The van der Waals surface area contributed by atoms with Crippen LogP contribution in [0.5, 0.6) is 0 Å². The summed E-state index contributed by atoms with van der Waals surface area (Å²) in [4.78, 5) is 0. The molecule has 2 nitrogen and oxygen atoms in total. The fraction of sp³-hybridized carbons (Fsp3) is 1.00. The van der Waals surface area contributed by atoms with Crippen molar-refractivity contribution in [1.29, 1.82) is 0 Å². The Kier molecular flexibility index (Phi) is 1.53. The van der Waals surface area contributed by atoms with Crippen molar-refractivity contribution < 1.29 is 0 Å². The van der Waals surface area contributed by atoms with Gasteiger partial charge in [0, 0.05) is 13.1 Å². The van der Waals surface area contributed by atoms with E-state index in [4.69, 9.17) is 5.84 Å². The molecule has 2 N–H and O–H groups in total. The number of hydrogen-bond acceptors (Lipinski definition) is 2. The molecule has 2 heteroatoms. The van der Waals surface area contributed by atoms with Crippen molar-refractivity contribution in [2.45, 2.75) is 20.8 Å². The van der Waals surface area contributed by atoms with Gasteiger partial charge in [-0.25, -0.2) is 5.01 Å². The van der Waals surface area contributed by atoms with Crippen LogP contribution in [0.4, 0.5) is 0 Å². The molecule has 9 heavy (non-hydrogen) atoms. The van der Waals surface area contributed by atoms with Gasteiger partial charge in [-0.1, -0.05) is 20.8 Å². The van der Waals surface area contributed by atoms with Crippen molar-refractivity contribution in [3.8, 4) is 0 Å². The highest BCUT2D eigenvalue weighted by molar-refractivity contribution is 4.84. The second-order valence-corrected chi connectivity index (χ2v) is 4.02. The lowest BCUT2D eigenvalue weighted by Gasteiger charge is -2.43. The minimum absolute atomic E-state index is 0.454. The summed E-state index contributed by atoms with van der Waals surface area (Å²) in [5.41, 5.74) is 0.454. The lowest BCUT2D eigenvalue weighted by Crippen LogP contribution is -2.55. The smallest absolute Gasteiger partial charge is 0.0174 e. The van der Waals surface area contributed by atoms with E-state index in [0.717, 1.165) is 19.0 Å². The number of nitrogens with two attached hydrogens (primary N) is 1. The SMILES string of the molecule is CC(C)(C)C1CN(N)C1. The maximum atomic E-state index is 5.50. The van der Waals surface area contributed by atoms with Crippen molar-refractivity contribution in [2.75, 3.05) is 13.1 Å². The molecule has 0 radical (unpaired) electrons. The molecule has 0 bridgehead atoms. The summed E-state index contributed by atoms with van der Waals surface area (Å²) in [5.74, 6) is 6.31. The molecule has 0 aliphatic carbocycles. The molecule has 0 amide bonds. The third-order valence-corrected chi connectivity index (χ3v) is 2.13. The van der Waals surface area contributed by atoms with E-state index in [0.29, 0.717) is 5.41 Å². The minimum Gasteiger partial charge on any atom is -0.269 e.